The number of rotatable bonds is 5. The molecule has 1 atom stereocenters. The number of carbonyl (C=O) groups is 1. The van der Waals surface area contributed by atoms with Crippen molar-refractivity contribution < 1.29 is 4.79 Å². The molecule has 2 heterocycles. The highest BCUT2D eigenvalue weighted by Gasteiger charge is 2.20. The van der Waals surface area contributed by atoms with Gasteiger partial charge in [-0.15, -0.1) is 11.3 Å². The van der Waals surface area contributed by atoms with Crippen LogP contribution < -0.4 is 10.9 Å². The molecule has 0 aliphatic carbocycles. The van der Waals surface area contributed by atoms with Crippen LogP contribution in [0.2, 0.25) is 0 Å². The van der Waals surface area contributed by atoms with Crippen LogP contribution >= 0.6 is 11.3 Å². The fraction of sp³-hybridized carbons (Fsp3) is 0.278. The Morgan fingerprint density at radius 2 is 2.04 bits per heavy atom. The molecule has 5 nitrogen and oxygen atoms in total. The lowest BCUT2D eigenvalue weighted by Gasteiger charge is -2.21. The van der Waals surface area contributed by atoms with Gasteiger partial charge in [-0.25, -0.2) is 4.98 Å². The number of nitrogens with one attached hydrogen (secondary N) is 1. The van der Waals surface area contributed by atoms with Gasteiger partial charge in [0, 0.05) is 4.88 Å². The maximum atomic E-state index is 12.5. The van der Waals surface area contributed by atoms with E-state index in [0.29, 0.717) is 11.0 Å². The minimum absolute atomic E-state index is 0.0174. The summed E-state index contributed by atoms with van der Waals surface area (Å²) in [7, 11) is 0. The highest BCUT2D eigenvalue weighted by molar-refractivity contribution is 7.10. The lowest BCUT2D eigenvalue weighted by Crippen LogP contribution is -2.36. The first kappa shape index (κ1) is 16.4. The summed E-state index contributed by atoms with van der Waals surface area (Å²) >= 11 is 1.62. The van der Waals surface area contributed by atoms with Crippen molar-refractivity contribution in [3.63, 3.8) is 0 Å². The van der Waals surface area contributed by atoms with Gasteiger partial charge in [0.1, 0.15) is 6.54 Å². The summed E-state index contributed by atoms with van der Waals surface area (Å²) in [6.45, 7) is 4.12. The van der Waals surface area contributed by atoms with Gasteiger partial charge in [-0.05, 0) is 29.5 Å². The van der Waals surface area contributed by atoms with Crippen LogP contribution in [0.4, 0.5) is 0 Å². The van der Waals surface area contributed by atoms with Crippen molar-refractivity contribution in [2.75, 3.05) is 0 Å². The largest absolute Gasteiger partial charge is 0.347 e. The Morgan fingerprint density at radius 3 is 2.75 bits per heavy atom. The molecule has 124 valence electrons. The summed E-state index contributed by atoms with van der Waals surface area (Å²) in [6.07, 6.45) is 1.26. The number of aromatic nitrogens is 2. The molecule has 0 fully saturated rings. The minimum atomic E-state index is -0.277. The standard InChI is InChI=1S/C18H19N3O2S/c1-12(2)18(15-8-5-9-24-15)20-16(22)11-21-14-7-4-3-6-13(14)19-10-17(21)23/h3-10,12,18H,11H2,1-2H3,(H,20,22)/t18-/m0/s1. The summed E-state index contributed by atoms with van der Waals surface area (Å²) in [6, 6.07) is 11.3. The number of para-hydroxylation sites is 2. The summed E-state index contributed by atoms with van der Waals surface area (Å²) in [4.78, 5) is 29.9. The Morgan fingerprint density at radius 1 is 1.25 bits per heavy atom. The maximum absolute atomic E-state index is 12.5. The summed E-state index contributed by atoms with van der Waals surface area (Å²) in [5.74, 6) is 0.0825. The monoisotopic (exact) mass is 341 g/mol. The summed E-state index contributed by atoms with van der Waals surface area (Å²) in [5.41, 5.74) is 1.09. The molecule has 0 saturated heterocycles. The van der Waals surface area contributed by atoms with Crippen LogP contribution in [0, 0.1) is 5.92 Å². The van der Waals surface area contributed by atoms with Crippen LogP contribution in [-0.2, 0) is 11.3 Å². The molecule has 3 rings (SSSR count). The Balaban J connectivity index is 1.85. The van der Waals surface area contributed by atoms with E-state index in [0.717, 1.165) is 4.88 Å². The van der Waals surface area contributed by atoms with Gasteiger partial charge < -0.3 is 5.32 Å². The average molecular weight is 341 g/mol. The zero-order valence-corrected chi connectivity index (χ0v) is 14.4. The van der Waals surface area contributed by atoms with E-state index in [9.17, 15) is 9.59 Å². The highest BCUT2D eigenvalue weighted by Crippen LogP contribution is 2.25. The van der Waals surface area contributed by atoms with Crippen molar-refractivity contribution in [1.29, 1.82) is 0 Å². The molecule has 0 aliphatic rings. The van der Waals surface area contributed by atoms with Gasteiger partial charge in [0.2, 0.25) is 5.91 Å². The van der Waals surface area contributed by atoms with E-state index in [1.807, 2.05) is 35.7 Å². The van der Waals surface area contributed by atoms with Crippen LogP contribution in [0.5, 0.6) is 0 Å². The lowest BCUT2D eigenvalue weighted by molar-refractivity contribution is -0.122. The zero-order chi connectivity index (χ0) is 17.1. The molecule has 1 N–H and O–H groups in total. The molecular formula is C18H19N3O2S. The van der Waals surface area contributed by atoms with Gasteiger partial charge in [0.05, 0.1) is 23.3 Å². The Kier molecular flexibility index (Phi) is 4.76. The number of nitrogens with zero attached hydrogens (tertiary/aromatic N) is 2. The van der Waals surface area contributed by atoms with E-state index in [1.165, 1.54) is 10.8 Å². The fourth-order valence-corrected chi connectivity index (χ4v) is 3.62. The first-order valence-electron chi connectivity index (χ1n) is 7.83. The van der Waals surface area contributed by atoms with Gasteiger partial charge in [0.25, 0.3) is 5.56 Å². The number of hydrogen-bond acceptors (Lipinski definition) is 4. The molecule has 3 aromatic rings. The molecule has 1 aromatic carbocycles. The van der Waals surface area contributed by atoms with E-state index in [2.05, 4.69) is 24.1 Å². The molecule has 0 aliphatic heterocycles. The number of fused-ring (bicyclic) bond motifs is 1. The molecule has 24 heavy (non-hydrogen) atoms. The normalized spacial score (nSPS) is 12.5. The molecule has 2 aromatic heterocycles. The molecule has 0 saturated carbocycles. The Bertz CT molecular complexity index is 900. The first-order chi connectivity index (χ1) is 11.6. The molecule has 6 heteroatoms. The van der Waals surface area contributed by atoms with Crippen molar-refractivity contribution in [2.24, 2.45) is 5.92 Å². The molecular weight excluding hydrogens is 322 g/mol. The van der Waals surface area contributed by atoms with Gasteiger partial charge in [-0.1, -0.05) is 32.0 Å². The number of thiophene rings is 1. The molecule has 0 unspecified atom stereocenters. The van der Waals surface area contributed by atoms with Crippen LogP contribution in [0.15, 0.2) is 52.8 Å². The van der Waals surface area contributed by atoms with Crippen LogP contribution in [-0.4, -0.2) is 15.5 Å². The first-order valence-corrected chi connectivity index (χ1v) is 8.71. The van der Waals surface area contributed by atoms with Crippen molar-refractivity contribution in [3.8, 4) is 0 Å². The molecule has 0 spiro atoms. The number of benzene rings is 1. The van der Waals surface area contributed by atoms with Gasteiger partial charge in [-0.3, -0.25) is 14.2 Å². The average Bonchev–Trinajstić information content (AvgIpc) is 3.09. The predicted molar refractivity (Wildman–Crippen MR) is 96.0 cm³/mol. The second kappa shape index (κ2) is 6.97. The molecule has 0 bridgehead atoms. The van der Waals surface area contributed by atoms with Crippen LogP contribution in [0.25, 0.3) is 11.0 Å². The maximum Gasteiger partial charge on any atom is 0.269 e. The zero-order valence-electron chi connectivity index (χ0n) is 13.6. The predicted octanol–water partition coefficient (Wildman–Crippen LogP) is 2.97. The molecule has 1 amide bonds. The Labute approximate surface area is 144 Å². The van der Waals surface area contributed by atoms with Gasteiger partial charge in [0.15, 0.2) is 0 Å². The van der Waals surface area contributed by atoms with E-state index in [-0.39, 0.29) is 30.0 Å². The summed E-state index contributed by atoms with van der Waals surface area (Å²) < 4.78 is 1.46. The third kappa shape index (κ3) is 3.38. The van der Waals surface area contributed by atoms with Gasteiger partial charge >= 0.3 is 0 Å². The summed E-state index contributed by atoms with van der Waals surface area (Å²) in [5, 5.41) is 5.05. The van der Waals surface area contributed by atoms with Gasteiger partial charge in [-0.2, -0.15) is 0 Å². The third-order valence-corrected chi connectivity index (χ3v) is 4.84. The second-order valence-electron chi connectivity index (χ2n) is 5.98. The Hall–Kier alpha value is -2.47. The van der Waals surface area contributed by atoms with E-state index in [4.69, 9.17) is 0 Å². The second-order valence-corrected chi connectivity index (χ2v) is 6.96. The highest BCUT2D eigenvalue weighted by atomic mass is 32.1. The topological polar surface area (TPSA) is 64.0 Å². The number of carbonyl (C=O) groups excluding carboxylic acids is 1. The minimum Gasteiger partial charge on any atom is -0.347 e. The van der Waals surface area contributed by atoms with Crippen molar-refractivity contribution in [2.45, 2.75) is 26.4 Å². The van der Waals surface area contributed by atoms with Crippen molar-refractivity contribution >= 4 is 28.3 Å². The smallest absolute Gasteiger partial charge is 0.269 e. The number of amides is 1. The SMILES string of the molecule is CC(C)[C@H](NC(=O)Cn1c(=O)cnc2ccccc21)c1cccs1. The molecule has 0 radical (unpaired) electrons. The van der Waals surface area contributed by atoms with E-state index < -0.39 is 0 Å². The third-order valence-electron chi connectivity index (χ3n) is 3.89. The van der Waals surface area contributed by atoms with E-state index >= 15 is 0 Å². The van der Waals surface area contributed by atoms with E-state index in [1.54, 1.807) is 17.4 Å². The fourth-order valence-electron chi connectivity index (χ4n) is 2.68. The van der Waals surface area contributed by atoms with Crippen LogP contribution in [0.1, 0.15) is 24.8 Å². The number of hydrogen-bond donors (Lipinski definition) is 1. The quantitative estimate of drug-likeness (QED) is 0.776. The van der Waals surface area contributed by atoms with Crippen molar-refractivity contribution in [1.82, 2.24) is 14.9 Å². The van der Waals surface area contributed by atoms with Crippen LogP contribution in [0.3, 0.4) is 0 Å². The lowest BCUT2D eigenvalue weighted by atomic mass is 10.0. The van der Waals surface area contributed by atoms with Crippen molar-refractivity contribution in [3.05, 3.63) is 63.2 Å².